The van der Waals surface area contributed by atoms with Crippen LogP contribution in [-0.4, -0.2) is 34.3 Å². The SMILES string of the molecule is CC(=O)c1cccc(NC(=O)C2CC(=O)N(c3cccc(-c4noc(C)n4)c3)C2)c1. The maximum absolute atomic E-state index is 12.7. The van der Waals surface area contributed by atoms with Gasteiger partial charge in [0.1, 0.15) is 0 Å². The normalized spacial score (nSPS) is 16.0. The quantitative estimate of drug-likeness (QED) is 0.655. The third-order valence-electron chi connectivity index (χ3n) is 4.98. The fourth-order valence-corrected chi connectivity index (χ4v) is 3.42. The average Bonchev–Trinajstić information content (AvgIpc) is 3.34. The number of carbonyl (C=O) groups is 3. The molecule has 1 unspecified atom stereocenters. The van der Waals surface area contributed by atoms with E-state index in [4.69, 9.17) is 4.52 Å². The number of carbonyl (C=O) groups excluding carboxylic acids is 3. The zero-order valence-electron chi connectivity index (χ0n) is 16.6. The van der Waals surface area contributed by atoms with Crippen molar-refractivity contribution in [1.29, 1.82) is 0 Å². The van der Waals surface area contributed by atoms with Crippen molar-refractivity contribution >= 4 is 29.0 Å². The first-order chi connectivity index (χ1) is 14.4. The Hall–Kier alpha value is -3.81. The molecule has 0 spiro atoms. The molecule has 1 saturated heterocycles. The van der Waals surface area contributed by atoms with Crippen LogP contribution in [0.1, 0.15) is 29.6 Å². The summed E-state index contributed by atoms with van der Waals surface area (Å²) in [5, 5.41) is 6.71. The van der Waals surface area contributed by atoms with Crippen LogP contribution in [0.4, 0.5) is 11.4 Å². The number of Topliss-reactive ketones (excluding diaryl/α,β-unsaturated/α-hetero) is 1. The van der Waals surface area contributed by atoms with Gasteiger partial charge in [-0.1, -0.05) is 29.4 Å². The van der Waals surface area contributed by atoms with Gasteiger partial charge in [-0.05, 0) is 31.2 Å². The van der Waals surface area contributed by atoms with Gasteiger partial charge in [-0.3, -0.25) is 14.4 Å². The summed E-state index contributed by atoms with van der Waals surface area (Å²) in [6, 6.07) is 14.0. The van der Waals surface area contributed by atoms with E-state index in [2.05, 4.69) is 15.5 Å². The topological polar surface area (TPSA) is 105 Å². The largest absolute Gasteiger partial charge is 0.339 e. The summed E-state index contributed by atoms with van der Waals surface area (Å²) < 4.78 is 5.02. The number of hydrogen-bond donors (Lipinski definition) is 1. The van der Waals surface area contributed by atoms with Gasteiger partial charge in [0.05, 0.1) is 5.92 Å². The van der Waals surface area contributed by atoms with Crippen LogP contribution >= 0.6 is 0 Å². The van der Waals surface area contributed by atoms with Gasteiger partial charge in [0, 0.05) is 42.4 Å². The Morgan fingerprint density at radius 3 is 2.70 bits per heavy atom. The highest BCUT2D eigenvalue weighted by Gasteiger charge is 2.35. The molecule has 4 rings (SSSR count). The highest BCUT2D eigenvalue weighted by Crippen LogP contribution is 2.29. The van der Waals surface area contributed by atoms with E-state index in [0.29, 0.717) is 28.7 Å². The monoisotopic (exact) mass is 404 g/mol. The fourth-order valence-electron chi connectivity index (χ4n) is 3.42. The molecule has 0 radical (unpaired) electrons. The predicted octanol–water partition coefficient (Wildman–Crippen LogP) is 3.24. The first kappa shape index (κ1) is 19.5. The number of ketones is 1. The molecule has 0 saturated carbocycles. The molecule has 0 bridgehead atoms. The Labute approximate surface area is 172 Å². The Kier molecular flexibility index (Phi) is 5.14. The van der Waals surface area contributed by atoms with Crippen molar-refractivity contribution in [3.63, 3.8) is 0 Å². The number of benzene rings is 2. The number of aryl methyl sites for hydroxylation is 1. The first-order valence-electron chi connectivity index (χ1n) is 9.53. The van der Waals surface area contributed by atoms with E-state index >= 15 is 0 Å². The van der Waals surface area contributed by atoms with E-state index in [-0.39, 0.29) is 30.6 Å². The molecule has 8 nitrogen and oxygen atoms in total. The third-order valence-corrected chi connectivity index (χ3v) is 4.98. The van der Waals surface area contributed by atoms with Crippen molar-refractivity contribution in [3.8, 4) is 11.4 Å². The number of hydrogen-bond acceptors (Lipinski definition) is 6. The van der Waals surface area contributed by atoms with Gasteiger partial charge in [0.2, 0.25) is 23.5 Å². The lowest BCUT2D eigenvalue weighted by Gasteiger charge is -2.17. The van der Waals surface area contributed by atoms with Crippen molar-refractivity contribution in [2.24, 2.45) is 5.92 Å². The van der Waals surface area contributed by atoms with Gasteiger partial charge < -0.3 is 14.7 Å². The molecule has 1 atom stereocenters. The Morgan fingerprint density at radius 1 is 1.17 bits per heavy atom. The number of anilines is 2. The van der Waals surface area contributed by atoms with Crippen LogP contribution in [0.5, 0.6) is 0 Å². The molecule has 1 aliphatic heterocycles. The minimum absolute atomic E-state index is 0.0787. The highest BCUT2D eigenvalue weighted by atomic mass is 16.5. The molecule has 1 N–H and O–H groups in total. The molecule has 1 fully saturated rings. The molecular formula is C22H20N4O4. The molecule has 2 aromatic carbocycles. The molecular weight excluding hydrogens is 384 g/mol. The zero-order valence-corrected chi connectivity index (χ0v) is 16.6. The van der Waals surface area contributed by atoms with Gasteiger partial charge in [-0.15, -0.1) is 0 Å². The first-order valence-corrected chi connectivity index (χ1v) is 9.53. The van der Waals surface area contributed by atoms with Crippen molar-refractivity contribution in [1.82, 2.24) is 10.1 Å². The smallest absolute Gasteiger partial charge is 0.229 e. The Bertz CT molecular complexity index is 1140. The van der Waals surface area contributed by atoms with E-state index < -0.39 is 5.92 Å². The van der Waals surface area contributed by atoms with Gasteiger partial charge in [0.25, 0.3) is 0 Å². The maximum Gasteiger partial charge on any atom is 0.229 e. The second-order valence-corrected chi connectivity index (χ2v) is 7.22. The summed E-state index contributed by atoms with van der Waals surface area (Å²) in [6.07, 6.45) is 0.115. The fraction of sp³-hybridized carbons (Fsp3) is 0.227. The number of nitrogens with zero attached hydrogens (tertiary/aromatic N) is 3. The van der Waals surface area contributed by atoms with Gasteiger partial charge in [-0.2, -0.15) is 4.98 Å². The van der Waals surface area contributed by atoms with Crippen molar-refractivity contribution < 1.29 is 18.9 Å². The van der Waals surface area contributed by atoms with Gasteiger partial charge in [0.15, 0.2) is 5.78 Å². The molecule has 1 aromatic heterocycles. The van der Waals surface area contributed by atoms with Crippen LogP contribution in [0.2, 0.25) is 0 Å². The van der Waals surface area contributed by atoms with Crippen LogP contribution in [0, 0.1) is 12.8 Å². The lowest BCUT2D eigenvalue weighted by atomic mass is 10.1. The minimum atomic E-state index is -0.491. The second kappa shape index (κ2) is 7.90. The van der Waals surface area contributed by atoms with Crippen molar-refractivity contribution in [3.05, 3.63) is 60.0 Å². The maximum atomic E-state index is 12.7. The van der Waals surface area contributed by atoms with Crippen LogP contribution in [-0.2, 0) is 9.59 Å². The molecule has 2 amide bonds. The van der Waals surface area contributed by atoms with E-state index in [1.54, 1.807) is 42.2 Å². The summed E-state index contributed by atoms with van der Waals surface area (Å²) in [5.74, 6) is -0.0518. The molecule has 1 aliphatic rings. The number of amides is 2. The van der Waals surface area contributed by atoms with Gasteiger partial charge >= 0.3 is 0 Å². The summed E-state index contributed by atoms with van der Waals surface area (Å²) in [4.78, 5) is 42.6. The zero-order chi connectivity index (χ0) is 21.3. The van der Waals surface area contributed by atoms with E-state index in [0.717, 1.165) is 5.56 Å². The predicted molar refractivity (Wildman–Crippen MR) is 110 cm³/mol. The van der Waals surface area contributed by atoms with Crippen LogP contribution in [0.3, 0.4) is 0 Å². The Morgan fingerprint density at radius 2 is 1.97 bits per heavy atom. The van der Waals surface area contributed by atoms with Crippen molar-refractivity contribution in [2.45, 2.75) is 20.3 Å². The summed E-state index contributed by atoms with van der Waals surface area (Å²) in [5.41, 5.74) is 2.46. The van der Waals surface area contributed by atoms with E-state index in [1.165, 1.54) is 6.92 Å². The van der Waals surface area contributed by atoms with Crippen LogP contribution in [0.25, 0.3) is 11.4 Å². The van der Waals surface area contributed by atoms with Crippen LogP contribution in [0.15, 0.2) is 53.1 Å². The van der Waals surface area contributed by atoms with Gasteiger partial charge in [-0.25, -0.2) is 0 Å². The summed E-state index contributed by atoms with van der Waals surface area (Å²) in [7, 11) is 0. The molecule has 152 valence electrons. The molecule has 8 heteroatoms. The summed E-state index contributed by atoms with van der Waals surface area (Å²) >= 11 is 0. The lowest BCUT2D eigenvalue weighted by Crippen LogP contribution is -2.28. The minimum Gasteiger partial charge on any atom is -0.339 e. The van der Waals surface area contributed by atoms with Crippen molar-refractivity contribution in [2.75, 3.05) is 16.8 Å². The Balaban J connectivity index is 1.48. The highest BCUT2D eigenvalue weighted by molar-refractivity contribution is 6.04. The molecule has 0 aliphatic carbocycles. The second-order valence-electron chi connectivity index (χ2n) is 7.22. The number of aromatic nitrogens is 2. The summed E-state index contributed by atoms with van der Waals surface area (Å²) in [6.45, 7) is 3.45. The van der Waals surface area contributed by atoms with E-state index in [1.807, 2.05) is 18.2 Å². The third kappa shape index (κ3) is 3.98. The molecule has 2 heterocycles. The van der Waals surface area contributed by atoms with Crippen LogP contribution < -0.4 is 10.2 Å². The lowest BCUT2D eigenvalue weighted by molar-refractivity contribution is -0.122. The molecule has 30 heavy (non-hydrogen) atoms. The number of nitrogens with one attached hydrogen (secondary N) is 1. The standard InChI is InChI=1S/C22H20N4O4/c1-13(27)15-5-3-7-18(9-15)24-22(29)17-11-20(28)26(12-17)19-8-4-6-16(10-19)21-23-14(2)30-25-21/h3-10,17H,11-12H2,1-2H3,(H,24,29). The molecule has 3 aromatic rings. The van der Waals surface area contributed by atoms with E-state index in [9.17, 15) is 14.4 Å². The average molecular weight is 404 g/mol. The number of rotatable bonds is 5.